The van der Waals surface area contributed by atoms with Gasteiger partial charge in [-0.3, -0.25) is 4.79 Å². The van der Waals surface area contributed by atoms with Crippen LogP contribution in [-0.2, 0) is 0 Å². The van der Waals surface area contributed by atoms with Crippen molar-refractivity contribution < 1.29 is 9.21 Å². The molecule has 72 valence electrons. The summed E-state index contributed by atoms with van der Waals surface area (Å²) in [4.78, 5) is 11.4. The van der Waals surface area contributed by atoms with E-state index in [1.54, 1.807) is 6.07 Å². The molecule has 0 saturated heterocycles. The smallest absolute Gasteiger partial charge is 0.287 e. The molecule has 0 aliphatic carbocycles. The first-order chi connectivity index (χ1) is 6.25. The van der Waals surface area contributed by atoms with Crippen molar-refractivity contribution in [1.29, 1.82) is 0 Å². The molecule has 4 heteroatoms. The number of likely N-dealkylation sites (N-methyl/N-ethyl adjacent to an activating group) is 1. The van der Waals surface area contributed by atoms with Crippen LogP contribution in [0.15, 0.2) is 16.7 Å². The van der Waals surface area contributed by atoms with E-state index < -0.39 is 0 Å². The second-order valence-corrected chi connectivity index (χ2v) is 2.79. The van der Waals surface area contributed by atoms with E-state index in [9.17, 15) is 4.79 Å². The molecule has 1 amide bonds. The lowest BCUT2D eigenvalue weighted by atomic mass is 10.3. The molecule has 0 radical (unpaired) electrons. The summed E-state index contributed by atoms with van der Waals surface area (Å²) in [5.74, 6) is 0.244. The predicted molar refractivity (Wildman–Crippen MR) is 49.7 cm³/mol. The van der Waals surface area contributed by atoms with E-state index in [0.29, 0.717) is 12.3 Å². The summed E-state index contributed by atoms with van der Waals surface area (Å²) >= 11 is 0. The Morgan fingerprint density at radius 3 is 2.85 bits per heavy atom. The predicted octanol–water partition coefficient (Wildman–Crippen LogP) is 0.537. The molecule has 1 rings (SSSR count). The maximum Gasteiger partial charge on any atom is 0.287 e. The average Bonchev–Trinajstić information content (AvgIpc) is 2.52. The third-order valence-electron chi connectivity index (χ3n) is 1.73. The summed E-state index contributed by atoms with van der Waals surface area (Å²) in [6.45, 7) is 3.21. The number of furan rings is 1. The van der Waals surface area contributed by atoms with Crippen LogP contribution in [0.1, 0.15) is 16.1 Å². The van der Waals surface area contributed by atoms with Gasteiger partial charge in [0, 0.05) is 18.7 Å². The Labute approximate surface area is 77.3 Å². The standard InChI is InChI=1S/C9H14N2O2/c1-7-3-6-13-8(7)9(12)11-5-4-10-2/h3,6,10H,4-5H2,1-2H3,(H,11,12). The van der Waals surface area contributed by atoms with E-state index in [1.165, 1.54) is 6.26 Å². The summed E-state index contributed by atoms with van der Waals surface area (Å²) < 4.78 is 5.02. The quantitative estimate of drug-likeness (QED) is 0.668. The van der Waals surface area contributed by atoms with Crippen molar-refractivity contribution >= 4 is 5.91 Å². The van der Waals surface area contributed by atoms with Gasteiger partial charge < -0.3 is 15.1 Å². The molecular formula is C9H14N2O2. The molecule has 1 aromatic rings. The second-order valence-electron chi connectivity index (χ2n) is 2.79. The largest absolute Gasteiger partial charge is 0.459 e. The van der Waals surface area contributed by atoms with E-state index in [0.717, 1.165) is 12.1 Å². The average molecular weight is 182 g/mol. The number of hydrogen-bond acceptors (Lipinski definition) is 3. The first kappa shape index (κ1) is 9.80. The zero-order chi connectivity index (χ0) is 9.68. The van der Waals surface area contributed by atoms with Crippen molar-refractivity contribution in [2.24, 2.45) is 0 Å². The molecule has 2 N–H and O–H groups in total. The Morgan fingerprint density at radius 2 is 2.31 bits per heavy atom. The molecule has 0 fully saturated rings. The minimum absolute atomic E-state index is 0.155. The Morgan fingerprint density at radius 1 is 1.54 bits per heavy atom. The van der Waals surface area contributed by atoms with Gasteiger partial charge >= 0.3 is 0 Å². The number of carbonyl (C=O) groups is 1. The lowest BCUT2D eigenvalue weighted by Crippen LogP contribution is -2.30. The van der Waals surface area contributed by atoms with Crippen LogP contribution in [0.25, 0.3) is 0 Å². The van der Waals surface area contributed by atoms with E-state index in [1.807, 2.05) is 14.0 Å². The molecule has 0 saturated carbocycles. The lowest BCUT2D eigenvalue weighted by Gasteiger charge is -2.02. The fraction of sp³-hybridized carbons (Fsp3) is 0.444. The monoisotopic (exact) mass is 182 g/mol. The molecule has 0 aliphatic heterocycles. The van der Waals surface area contributed by atoms with Crippen molar-refractivity contribution in [3.63, 3.8) is 0 Å². The first-order valence-corrected chi connectivity index (χ1v) is 4.22. The van der Waals surface area contributed by atoms with Crippen molar-refractivity contribution in [3.8, 4) is 0 Å². The maximum atomic E-state index is 11.4. The SMILES string of the molecule is CNCCNC(=O)c1occc1C. The summed E-state index contributed by atoms with van der Waals surface area (Å²) in [5, 5.41) is 5.67. The minimum atomic E-state index is -0.155. The number of hydrogen-bond donors (Lipinski definition) is 2. The highest BCUT2D eigenvalue weighted by Gasteiger charge is 2.10. The topological polar surface area (TPSA) is 54.3 Å². The van der Waals surface area contributed by atoms with Crippen LogP contribution in [-0.4, -0.2) is 26.0 Å². The highest BCUT2D eigenvalue weighted by atomic mass is 16.3. The maximum absolute atomic E-state index is 11.4. The fourth-order valence-electron chi connectivity index (χ4n) is 0.987. The van der Waals surface area contributed by atoms with Gasteiger partial charge in [-0.25, -0.2) is 0 Å². The third-order valence-corrected chi connectivity index (χ3v) is 1.73. The Balaban J connectivity index is 2.45. The molecule has 0 bridgehead atoms. The van der Waals surface area contributed by atoms with Crippen LogP contribution in [0, 0.1) is 6.92 Å². The van der Waals surface area contributed by atoms with E-state index >= 15 is 0 Å². The van der Waals surface area contributed by atoms with Crippen LogP contribution < -0.4 is 10.6 Å². The third kappa shape index (κ3) is 2.59. The van der Waals surface area contributed by atoms with Gasteiger partial charge in [0.1, 0.15) is 0 Å². The molecule has 0 aliphatic rings. The van der Waals surface area contributed by atoms with E-state index in [4.69, 9.17) is 4.42 Å². The zero-order valence-electron chi connectivity index (χ0n) is 7.89. The van der Waals surface area contributed by atoms with E-state index in [-0.39, 0.29) is 5.91 Å². The van der Waals surface area contributed by atoms with Gasteiger partial charge in [0.15, 0.2) is 5.76 Å². The minimum Gasteiger partial charge on any atom is -0.459 e. The molecule has 1 heterocycles. The Hall–Kier alpha value is -1.29. The van der Waals surface area contributed by atoms with Crippen LogP contribution in [0.3, 0.4) is 0 Å². The van der Waals surface area contributed by atoms with Gasteiger partial charge in [-0.05, 0) is 20.0 Å². The highest BCUT2D eigenvalue weighted by molar-refractivity contribution is 5.92. The van der Waals surface area contributed by atoms with Crippen molar-refractivity contribution in [3.05, 3.63) is 23.7 Å². The van der Waals surface area contributed by atoms with Gasteiger partial charge in [-0.15, -0.1) is 0 Å². The van der Waals surface area contributed by atoms with Gasteiger partial charge in [-0.2, -0.15) is 0 Å². The van der Waals surface area contributed by atoms with Gasteiger partial charge in [0.05, 0.1) is 6.26 Å². The van der Waals surface area contributed by atoms with Crippen LogP contribution in [0.4, 0.5) is 0 Å². The van der Waals surface area contributed by atoms with Gasteiger partial charge in [0.25, 0.3) is 5.91 Å². The van der Waals surface area contributed by atoms with Gasteiger partial charge in [-0.1, -0.05) is 0 Å². The normalized spacial score (nSPS) is 10.0. The Bertz CT molecular complexity index is 281. The van der Waals surface area contributed by atoms with Crippen LogP contribution >= 0.6 is 0 Å². The second kappa shape index (κ2) is 4.67. The number of carbonyl (C=O) groups excluding carboxylic acids is 1. The van der Waals surface area contributed by atoms with Crippen molar-refractivity contribution in [2.75, 3.05) is 20.1 Å². The fourth-order valence-corrected chi connectivity index (χ4v) is 0.987. The van der Waals surface area contributed by atoms with Gasteiger partial charge in [0.2, 0.25) is 0 Å². The number of rotatable bonds is 4. The lowest BCUT2D eigenvalue weighted by molar-refractivity contribution is 0.0925. The van der Waals surface area contributed by atoms with E-state index in [2.05, 4.69) is 10.6 Å². The molecule has 0 unspecified atom stereocenters. The number of nitrogens with one attached hydrogen (secondary N) is 2. The molecule has 0 spiro atoms. The summed E-state index contributed by atoms with van der Waals surface area (Å²) in [5.41, 5.74) is 0.863. The van der Waals surface area contributed by atoms with Crippen molar-refractivity contribution in [2.45, 2.75) is 6.92 Å². The molecule has 0 atom stereocenters. The number of amides is 1. The molecule has 1 aromatic heterocycles. The summed E-state index contributed by atoms with van der Waals surface area (Å²) in [7, 11) is 1.84. The highest BCUT2D eigenvalue weighted by Crippen LogP contribution is 2.07. The molecule has 4 nitrogen and oxygen atoms in total. The molecule has 13 heavy (non-hydrogen) atoms. The van der Waals surface area contributed by atoms with Crippen LogP contribution in [0.2, 0.25) is 0 Å². The molecular weight excluding hydrogens is 168 g/mol. The first-order valence-electron chi connectivity index (χ1n) is 4.22. The summed E-state index contributed by atoms with van der Waals surface area (Å²) in [6, 6.07) is 1.77. The van der Waals surface area contributed by atoms with Crippen molar-refractivity contribution in [1.82, 2.24) is 10.6 Å². The Kier molecular flexibility index (Phi) is 3.52. The molecule has 0 aromatic carbocycles. The zero-order valence-corrected chi connectivity index (χ0v) is 7.89. The van der Waals surface area contributed by atoms with Crippen LogP contribution in [0.5, 0.6) is 0 Å². The number of aryl methyl sites for hydroxylation is 1. The summed E-state index contributed by atoms with van der Waals surface area (Å²) in [6.07, 6.45) is 1.52.